The van der Waals surface area contributed by atoms with E-state index >= 15 is 0 Å². The molecule has 0 unspecified atom stereocenters. The number of alkyl halides is 2. The van der Waals surface area contributed by atoms with Gasteiger partial charge in [-0.15, -0.1) is 0 Å². The summed E-state index contributed by atoms with van der Waals surface area (Å²) in [6.07, 6.45) is 0. The third kappa shape index (κ3) is 3.78. The largest absolute Gasteiger partial charge is 0.331 e. The van der Waals surface area contributed by atoms with Gasteiger partial charge in [0.1, 0.15) is 5.82 Å². The maximum absolute atomic E-state index is 13.9. The lowest BCUT2D eigenvalue weighted by molar-refractivity contribution is -0.000375. The fourth-order valence-electron chi connectivity index (χ4n) is 1.79. The Labute approximate surface area is 125 Å². The van der Waals surface area contributed by atoms with Gasteiger partial charge in [-0.05, 0) is 19.1 Å². The van der Waals surface area contributed by atoms with Crippen molar-refractivity contribution in [2.75, 3.05) is 11.9 Å². The Morgan fingerprint density at radius 2 is 2.09 bits per heavy atom. The summed E-state index contributed by atoms with van der Waals surface area (Å²) in [5.41, 5.74) is 0.307. The number of benzene rings is 1. The van der Waals surface area contributed by atoms with Crippen LogP contribution in [0.15, 0.2) is 30.3 Å². The number of carbonyl (C=O) groups is 1. The average Bonchev–Trinajstić information content (AvgIpc) is 2.75. The van der Waals surface area contributed by atoms with E-state index < -0.39 is 29.9 Å². The van der Waals surface area contributed by atoms with Crippen LogP contribution in [0.25, 0.3) is 0 Å². The molecule has 0 aliphatic rings. The van der Waals surface area contributed by atoms with Crippen molar-refractivity contribution in [3.05, 3.63) is 47.4 Å². The Morgan fingerprint density at radius 3 is 2.68 bits per heavy atom. The molecule has 0 aliphatic carbocycles. The van der Waals surface area contributed by atoms with Crippen molar-refractivity contribution < 1.29 is 18.0 Å². The van der Waals surface area contributed by atoms with Gasteiger partial charge in [0, 0.05) is 24.4 Å². The fraction of sp³-hybridized carbons (Fsp3) is 0.286. The molecule has 0 spiro atoms. The van der Waals surface area contributed by atoms with Gasteiger partial charge < -0.3 is 5.32 Å². The van der Waals surface area contributed by atoms with E-state index in [4.69, 9.17) is 0 Å². The quantitative estimate of drug-likeness (QED) is 0.912. The van der Waals surface area contributed by atoms with Crippen LogP contribution in [0.1, 0.15) is 11.3 Å². The van der Waals surface area contributed by atoms with E-state index in [2.05, 4.69) is 10.4 Å². The zero-order chi connectivity index (χ0) is 16.3. The lowest BCUT2D eigenvalue weighted by Crippen LogP contribution is -2.37. The predicted molar refractivity (Wildman–Crippen MR) is 75.3 cm³/mol. The molecule has 8 heteroatoms. The highest BCUT2D eigenvalue weighted by atomic mass is 19.3. The second-order valence-electron chi connectivity index (χ2n) is 4.82. The molecule has 0 atom stereocenters. The van der Waals surface area contributed by atoms with Crippen LogP contribution >= 0.6 is 0 Å². The Morgan fingerprint density at radius 1 is 1.36 bits per heavy atom. The zero-order valence-corrected chi connectivity index (χ0v) is 12.0. The van der Waals surface area contributed by atoms with Crippen molar-refractivity contribution >= 4 is 11.8 Å². The number of amides is 2. The predicted octanol–water partition coefficient (Wildman–Crippen LogP) is 2.78. The van der Waals surface area contributed by atoms with Crippen LogP contribution in [0.3, 0.4) is 0 Å². The van der Waals surface area contributed by atoms with Gasteiger partial charge in [-0.1, -0.05) is 12.1 Å². The van der Waals surface area contributed by atoms with E-state index in [-0.39, 0.29) is 5.82 Å². The van der Waals surface area contributed by atoms with Gasteiger partial charge in [0.15, 0.2) is 5.82 Å². The lowest BCUT2D eigenvalue weighted by Gasteiger charge is -2.17. The molecule has 0 radical (unpaired) electrons. The van der Waals surface area contributed by atoms with E-state index in [0.717, 1.165) is 23.9 Å². The van der Waals surface area contributed by atoms with Crippen LogP contribution in [0, 0.1) is 12.7 Å². The van der Waals surface area contributed by atoms with Gasteiger partial charge in [0.25, 0.3) is 5.92 Å². The number of aryl methyl sites for hydroxylation is 2. The Bertz CT molecular complexity index is 665. The first-order chi connectivity index (χ1) is 10.3. The van der Waals surface area contributed by atoms with Gasteiger partial charge in [0.2, 0.25) is 0 Å². The summed E-state index contributed by atoms with van der Waals surface area (Å²) in [4.78, 5) is 11.6. The third-order valence-electron chi connectivity index (χ3n) is 3.07. The maximum Gasteiger partial charge on any atom is 0.320 e. The monoisotopic (exact) mass is 312 g/mol. The van der Waals surface area contributed by atoms with E-state index in [0.29, 0.717) is 0 Å². The minimum atomic E-state index is -3.38. The normalized spacial score (nSPS) is 11.3. The number of hydrogen-bond donors (Lipinski definition) is 2. The van der Waals surface area contributed by atoms with Gasteiger partial charge in [-0.3, -0.25) is 10.00 Å². The third-order valence-corrected chi connectivity index (χ3v) is 3.07. The second-order valence-corrected chi connectivity index (χ2v) is 4.82. The SMILES string of the molecule is Cc1cc(NC(=O)NCC(F)(F)c2cccc(F)c2)nn1C. The van der Waals surface area contributed by atoms with E-state index in [1.54, 1.807) is 20.0 Å². The first-order valence-corrected chi connectivity index (χ1v) is 6.47. The highest BCUT2D eigenvalue weighted by Gasteiger charge is 2.32. The summed E-state index contributed by atoms with van der Waals surface area (Å²) in [6, 6.07) is 4.89. The number of urea groups is 1. The van der Waals surface area contributed by atoms with Crippen molar-refractivity contribution in [2.24, 2.45) is 7.05 Å². The maximum atomic E-state index is 13.9. The number of nitrogens with zero attached hydrogens (tertiary/aromatic N) is 2. The number of aromatic nitrogens is 2. The summed E-state index contributed by atoms with van der Waals surface area (Å²) < 4.78 is 42.3. The summed E-state index contributed by atoms with van der Waals surface area (Å²) in [7, 11) is 1.69. The van der Waals surface area contributed by atoms with E-state index in [9.17, 15) is 18.0 Å². The van der Waals surface area contributed by atoms with Gasteiger partial charge in [-0.25, -0.2) is 9.18 Å². The second kappa shape index (κ2) is 6.08. The van der Waals surface area contributed by atoms with Crippen molar-refractivity contribution in [3.63, 3.8) is 0 Å². The van der Waals surface area contributed by atoms with Gasteiger partial charge >= 0.3 is 6.03 Å². The number of hydrogen-bond acceptors (Lipinski definition) is 2. The van der Waals surface area contributed by atoms with Gasteiger partial charge in [0.05, 0.1) is 6.54 Å². The zero-order valence-electron chi connectivity index (χ0n) is 12.0. The van der Waals surface area contributed by atoms with Crippen molar-refractivity contribution in [3.8, 4) is 0 Å². The molecule has 118 valence electrons. The Balaban J connectivity index is 1.95. The van der Waals surface area contributed by atoms with Crippen LogP contribution in [-0.2, 0) is 13.0 Å². The van der Waals surface area contributed by atoms with Crippen LogP contribution in [-0.4, -0.2) is 22.4 Å². The van der Waals surface area contributed by atoms with Crippen molar-refractivity contribution in [1.82, 2.24) is 15.1 Å². The van der Waals surface area contributed by atoms with Crippen molar-refractivity contribution in [2.45, 2.75) is 12.8 Å². The first-order valence-electron chi connectivity index (χ1n) is 6.47. The Hall–Kier alpha value is -2.51. The smallest absolute Gasteiger partial charge is 0.320 e. The van der Waals surface area contributed by atoms with Crippen molar-refractivity contribution in [1.29, 1.82) is 0 Å². The molecule has 0 saturated carbocycles. The molecule has 5 nitrogen and oxygen atoms in total. The minimum Gasteiger partial charge on any atom is -0.331 e. The molecule has 0 fully saturated rings. The topological polar surface area (TPSA) is 59.0 Å². The van der Waals surface area contributed by atoms with Crippen LogP contribution in [0.5, 0.6) is 0 Å². The molecule has 1 aromatic carbocycles. The van der Waals surface area contributed by atoms with E-state index in [1.165, 1.54) is 10.7 Å². The molecule has 0 bridgehead atoms. The number of halogens is 3. The number of anilines is 1. The average molecular weight is 312 g/mol. The van der Waals surface area contributed by atoms with Crippen LogP contribution in [0.2, 0.25) is 0 Å². The molecule has 2 amide bonds. The standard InChI is InChI=1S/C14H15F3N4O/c1-9-6-12(20-21(9)2)19-13(22)18-8-14(16,17)10-4-3-5-11(15)7-10/h3-7H,8H2,1-2H3,(H2,18,19,20,22). The molecule has 2 rings (SSSR count). The molecule has 0 saturated heterocycles. The molecule has 2 aromatic rings. The minimum absolute atomic E-state index is 0.256. The Kier molecular flexibility index (Phi) is 4.39. The van der Waals surface area contributed by atoms with Gasteiger partial charge in [-0.2, -0.15) is 13.9 Å². The first kappa shape index (κ1) is 15.9. The number of nitrogens with one attached hydrogen (secondary N) is 2. The number of rotatable bonds is 4. The van der Waals surface area contributed by atoms with Crippen LogP contribution in [0.4, 0.5) is 23.8 Å². The summed E-state index contributed by atoms with van der Waals surface area (Å²) in [5, 5.41) is 8.37. The molecular formula is C14H15F3N4O. The molecular weight excluding hydrogens is 297 g/mol. The van der Waals surface area contributed by atoms with E-state index in [1.807, 2.05) is 5.32 Å². The molecule has 0 aliphatic heterocycles. The molecule has 1 heterocycles. The highest BCUT2D eigenvalue weighted by molar-refractivity contribution is 5.88. The molecule has 2 N–H and O–H groups in total. The fourth-order valence-corrected chi connectivity index (χ4v) is 1.79. The molecule has 1 aromatic heterocycles. The summed E-state index contributed by atoms with van der Waals surface area (Å²) >= 11 is 0. The van der Waals surface area contributed by atoms with Crippen LogP contribution < -0.4 is 10.6 Å². The lowest BCUT2D eigenvalue weighted by atomic mass is 10.1. The number of carbonyl (C=O) groups excluding carboxylic acids is 1. The highest BCUT2D eigenvalue weighted by Crippen LogP contribution is 2.27. The summed E-state index contributed by atoms with van der Waals surface area (Å²) in [5.74, 6) is -3.88. The summed E-state index contributed by atoms with van der Waals surface area (Å²) in [6.45, 7) is 0.836. The molecule has 22 heavy (non-hydrogen) atoms.